The summed E-state index contributed by atoms with van der Waals surface area (Å²) in [5.41, 5.74) is -0.193. The highest BCUT2D eigenvalue weighted by Gasteiger charge is 2.48. The van der Waals surface area contributed by atoms with Crippen molar-refractivity contribution in [3.05, 3.63) is 0 Å². The summed E-state index contributed by atoms with van der Waals surface area (Å²) in [6.07, 6.45) is 5.41. The van der Waals surface area contributed by atoms with Gasteiger partial charge in [0.05, 0.1) is 6.54 Å². The number of alkyl halides is 2. The smallest absolute Gasteiger partial charge is 0.262 e. The highest BCUT2D eigenvalue weighted by atomic mass is 19.3. The van der Waals surface area contributed by atoms with E-state index in [0.717, 1.165) is 25.7 Å². The fourth-order valence-corrected chi connectivity index (χ4v) is 2.52. The minimum absolute atomic E-state index is 0.0694. The summed E-state index contributed by atoms with van der Waals surface area (Å²) in [6, 6.07) is 0. The van der Waals surface area contributed by atoms with Crippen LogP contribution in [0.1, 0.15) is 38.5 Å². The van der Waals surface area contributed by atoms with Gasteiger partial charge in [-0.3, -0.25) is 0 Å². The van der Waals surface area contributed by atoms with Crippen LogP contribution in [-0.4, -0.2) is 18.0 Å². The molecule has 0 unspecified atom stereocenters. The zero-order chi connectivity index (χ0) is 8.66. The molecule has 1 saturated heterocycles. The third-order valence-corrected chi connectivity index (χ3v) is 3.13. The largest absolute Gasteiger partial charge is 0.305 e. The first-order chi connectivity index (χ1) is 5.62. The minimum Gasteiger partial charge on any atom is -0.305 e. The zero-order valence-corrected chi connectivity index (χ0v) is 7.21. The molecule has 70 valence electrons. The van der Waals surface area contributed by atoms with Crippen LogP contribution in [0.3, 0.4) is 0 Å². The molecule has 0 aromatic rings. The molecule has 1 aliphatic heterocycles. The Morgan fingerprint density at radius 3 is 2.17 bits per heavy atom. The predicted molar refractivity (Wildman–Crippen MR) is 43.4 cm³/mol. The molecule has 0 atom stereocenters. The van der Waals surface area contributed by atoms with Crippen LogP contribution in [0.15, 0.2) is 0 Å². The lowest BCUT2D eigenvalue weighted by Gasteiger charge is -2.33. The molecule has 2 rings (SSSR count). The van der Waals surface area contributed by atoms with E-state index in [0.29, 0.717) is 0 Å². The van der Waals surface area contributed by atoms with Crippen molar-refractivity contribution in [1.29, 1.82) is 0 Å². The van der Waals surface area contributed by atoms with Crippen LogP contribution in [0.4, 0.5) is 8.78 Å². The Morgan fingerprint density at radius 1 is 1.00 bits per heavy atom. The summed E-state index contributed by atoms with van der Waals surface area (Å²) in [5.74, 6) is -2.45. The van der Waals surface area contributed by atoms with E-state index in [1.54, 1.807) is 0 Å². The Kier molecular flexibility index (Phi) is 1.86. The van der Waals surface area contributed by atoms with Crippen LogP contribution < -0.4 is 5.32 Å². The zero-order valence-electron chi connectivity index (χ0n) is 7.21. The molecule has 0 amide bonds. The number of hydrogen-bond acceptors (Lipinski definition) is 1. The highest BCUT2D eigenvalue weighted by Crippen LogP contribution is 2.41. The Hall–Kier alpha value is -0.180. The van der Waals surface area contributed by atoms with Gasteiger partial charge < -0.3 is 5.32 Å². The van der Waals surface area contributed by atoms with Gasteiger partial charge in [0, 0.05) is 12.0 Å². The van der Waals surface area contributed by atoms with E-state index in [1.807, 2.05) is 0 Å². The van der Waals surface area contributed by atoms with Crippen LogP contribution in [0.5, 0.6) is 0 Å². The van der Waals surface area contributed by atoms with Crippen molar-refractivity contribution in [3.8, 4) is 0 Å². The molecule has 1 saturated carbocycles. The molecule has 2 aliphatic rings. The maximum Gasteiger partial charge on any atom is 0.262 e. The van der Waals surface area contributed by atoms with Gasteiger partial charge in [-0.2, -0.15) is 0 Å². The van der Waals surface area contributed by atoms with E-state index in [2.05, 4.69) is 5.32 Å². The molecule has 2 fully saturated rings. The molecule has 12 heavy (non-hydrogen) atoms. The van der Waals surface area contributed by atoms with Crippen molar-refractivity contribution in [1.82, 2.24) is 5.32 Å². The molecule has 0 radical (unpaired) electrons. The Bertz CT molecular complexity index is 173. The second-order valence-corrected chi connectivity index (χ2v) is 4.23. The molecular formula is C9H15F2N. The Labute approximate surface area is 71.5 Å². The van der Waals surface area contributed by atoms with Crippen LogP contribution in [0.25, 0.3) is 0 Å². The van der Waals surface area contributed by atoms with Crippen molar-refractivity contribution in [3.63, 3.8) is 0 Å². The average Bonchev–Trinajstić information content (AvgIpc) is 2.29. The molecule has 0 aromatic carbocycles. The van der Waals surface area contributed by atoms with Crippen LogP contribution in [-0.2, 0) is 0 Å². The average molecular weight is 175 g/mol. The van der Waals surface area contributed by atoms with Gasteiger partial charge in [-0.25, -0.2) is 8.78 Å². The second kappa shape index (κ2) is 2.66. The summed E-state index contributed by atoms with van der Waals surface area (Å²) in [5, 5.41) is 3.01. The van der Waals surface area contributed by atoms with Crippen LogP contribution in [0, 0.1) is 0 Å². The first-order valence-corrected chi connectivity index (χ1v) is 4.75. The van der Waals surface area contributed by atoms with Crippen molar-refractivity contribution in [2.45, 2.75) is 50.0 Å². The molecular weight excluding hydrogens is 160 g/mol. The number of halogens is 2. The number of nitrogens with one attached hydrogen (secondary N) is 1. The third kappa shape index (κ3) is 1.47. The van der Waals surface area contributed by atoms with E-state index in [4.69, 9.17) is 0 Å². The first-order valence-electron chi connectivity index (χ1n) is 4.75. The topological polar surface area (TPSA) is 12.0 Å². The van der Waals surface area contributed by atoms with Gasteiger partial charge in [0.25, 0.3) is 5.92 Å². The molecule has 1 aliphatic carbocycles. The van der Waals surface area contributed by atoms with E-state index < -0.39 is 5.92 Å². The number of hydrogen-bond donors (Lipinski definition) is 1. The first kappa shape index (κ1) is 8.42. The summed E-state index contributed by atoms with van der Waals surface area (Å²) < 4.78 is 25.8. The van der Waals surface area contributed by atoms with Crippen LogP contribution >= 0.6 is 0 Å². The van der Waals surface area contributed by atoms with Gasteiger partial charge in [0.1, 0.15) is 0 Å². The lowest BCUT2D eigenvalue weighted by molar-refractivity contribution is 0.0131. The van der Waals surface area contributed by atoms with Gasteiger partial charge >= 0.3 is 0 Å². The van der Waals surface area contributed by atoms with Crippen molar-refractivity contribution >= 4 is 0 Å². The summed E-state index contributed by atoms with van der Waals surface area (Å²) in [7, 11) is 0. The van der Waals surface area contributed by atoms with E-state index >= 15 is 0 Å². The SMILES string of the molecule is FC1(F)CNC2(CCCCC2)C1. The predicted octanol–water partition coefficient (Wildman–Crippen LogP) is 2.32. The van der Waals surface area contributed by atoms with E-state index in [1.165, 1.54) is 6.42 Å². The monoisotopic (exact) mass is 175 g/mol. The normalized spacial score (nSPS) is 32.5. The Balaban J connectivity index is 2.03. The lowest BCUT2D eigenvalue weighted by atomic mass is 9.80. The third-order valence-electron chi connectivity index (χ3n) is 3.13. The minimum atomic E-state index is -2.45. The van der Waals surface area contributed by atoms with E-state index in [9.17, 15) is 8.78 Å². The molecule has 1 nitrogen and oxygen atoms in total. The van der Waals surface area contributed by atoms with Gasteiger partial charge in [-0.05, 0) is 12.8 Å². The second-order valence-electron chi connectivity index (χ2n) is 4.23. The number of rotatable bonds is 0. The quantitative estimate of drug-likeness (QED) is 0.595. The van der Waals surface area contributed by atoms with Crippen molar-refractivity contribution in [2.75, 3.05) is 6.54 Å². The van der Waals surface area contributed by atoms with Gasteiger partial charge in [-0.1, -0.05) is 19.3 Å². The van der Waals surface area contributed by atoms with Gasteiger partial charge in [-0.15, -0.1) is 0 Å². The highest BCUT2D eigenvalue weighted by molar-refractivity contribution is 5.01. The summed E-state index contributed by atoms with van der Waals surface area (Å²) in [4.78, 5) is 0. The Morgan fingerprint density at radius 2 is 1.67 bits per heavy atom. The summed E-state index contributed by atoms with van der Waals surface area (Å²) in [6.45, 7) is -0.104. The summed E-state index contributed by atoms with van der Waals surface area (Å²) >= 11 is 0. The molecule has 0 aromatic heterocycles. The fraction of sp³-hybridized carbons (Fsp3) is 1.00. The standard InChI is InChI=1S/C9H15F2N/c10-9(11)6-8(12-7-9)4-2-1-3-5-8/h12H,1-7H2. The lowest BCUT2D eigenvalue weighted by Crippen LogP contribution is -2.41. The van der Waals surface area contributed by atoms with E-state index in [-0.39, 0.29) is 18.5 Å². The van der Waals surface area contributed by atoms with Gasteiger partial charge in [0.15, 0.2) is 0 Å². The van der Waals surface area contributed by atoms with Gasteiger partial charge in [0.2, 0.25) is 0 Å². The van der Waals surface area contributed by atoms with Crippen molar-refractivity contribution < 1.29 is 8.78 Å². The maximum absolute atomic E-state index is 12.9. The molecule has 1 heterocycles. The van der Waals surface area contributed by atoms with Crippen molar-refractivity contribution in [2.24, 2.45) is 0 Å². The fourth-order valence-electron chi connectivity index (χ4n) is 2.52. The molecule has 3 heteroatoms. The van der Waals surface area contributed by atoms with Crippen LogP contribution in [0.2, 0.25) is 0 Å². The molecule has 1 spiro atoms. The molecule has 1 N–H and O–H groups in total. The molecule has 0 bridgehead atoms. The maximum atomic E-state index is 12.9.